The summed E-state index contributed by atoms with van der Waals surface area (Å²) in [6.07, 6.45) is -2.75. The van der Waals surface area contributed by atoms with E-state index in [1.54, 1.807) is 0 Å². The fourth-order valence-electron chi connectivity index (χ4n) is 0.895. The van der Waals surface area contributed by atoms with E-state index in [9.17, 15) is 13.9 Å². The number of alkyl halides is 3. The first-order valence-corrected chi connectivity index (χ1v) is 4.50. The summed E-state index contributed by atoms with van der Waals surface area (Å²) in [5.41, 5.74) is 4.90. The van der Waals surface area contributed by atoms with Gasteiger partial charge in [0.1, 0.15) is 11.6 Å². The molecule has 3 N–H and O–H groups in total. The second-order valence-corrected chi connectivity index (χ2v) is 2.93. The zero-order valence-corrected chi connectivity index (χ0v) is 8.05. The smallest absolute Gasteiger partial charge is 0.267 e. The number of aromatic hydroxyl groups is 1. The molecular formula is C7H7BrF2N2O. The summed E-state index contributed by atoms with van der Waals surface area (Å²) in [6, 6.07) is 0.964. The molecule has 3 nitrogen and oxygen atoms in total. The van der Waals surface area contributed by atoms with Gasteiger partial charge in [-0.1, -0.05) is 15.9 Å². The summed E-state index contributed by atoms with van der Waals surface area (Å²) in [6.45, 7) is 0. The number of halogens is 3. The SMILES string of the molecule is Nc1cc(C(F)F)c(O)c(CBr)n1. The van der Waals surface area contributed by atoms with Crippen molar-refractivity contribution in [1.29, 1.82) is 0 Å². The van der Waals surface area contributed by atoms with Crippen LogP contribution in [-0.4, -0.2) is 10.1 Å². The highest BCUT2D eigenvalue weighted by molar-refractivity contribution is 9.08. The van der Waals surface area contributed by atoms with E-state index in [2.05, 4.69) is 20.9 Å². The number of rotatable bonds is 2. The minimum atomic E-state index is -2.75. The molecule has 6 heteroatoms. The quantitative estimate of drug-likeness (QED) is 0.794. The molecule has 0 saturated heterocycles. The Morgan fingerprint density at radius 3 is 2.69 bits per heavy atom. The van der Waals surface area contributed by atoms with Gasteiger partial charge < -0.3 is 10.8 Å². The van der Waals surface area contributed by atoms with Crippen LogP contribution in [0.2, 0.25) is 0 Å². The van der Waals surface area contributed by atoms with Crippen LogP contribution in [-0.2, 0) is 5.33 Å². The van der Waals surface area contributed by atoms with E-state index >= 15 is 0 Å². The first-order valence-electron chi connectivity index (χ1n) is 3.38. The van der Waals surface area contributed by atoms with Crippen molar-refractivity contribution < 1.29 is 13.9 Å². The Morgan fingerprint density at radius 1 is 1.62 bits per heavy atom. The second kappa shape index (κ2) is 3.87. The van der Waals surface area contributed by atoms with Gasteiger partial charge in [-0.2, -0.15) is 0 Å². The van der Waals surface area contributed by atoms with Gasteiger partial charge in [0, 0.05) is 5.33 Å². The van der Waals surface area contributed by atoms with Gasteiger partial charge in [-0.15, -0.1) is 0 Å². The molecule has 1 aromatic heterocycles. The van der Waals surface area contributed by atoms with Crippen LogP contribution in [0.5, 0.6) is 5.75 Å². The van der Waals surface area contributed by atoms with Crippen LogP contribution in [0, 0.1) is 0 Å². The Bertz CT molecular complexity index is 320. The Balaban J connectivity index is 3.27. The van der Waals surface area contributed by atoms with E-state index in [0.29, 0.717) is 0 Å². The largest absolute Gasteiger partial charge is 0.505 e. The second-order valence-electron chi connectivity index (χ2n) is 2.37. The normalized spacial score (nSPS) is 10.8. The zero-order chi connectivity index (χ0) is 10.0. The summed E-state index contributed by atoms with van der Waals surface area (Å²) in [7, 11) is 0. The molecule has 0 unspecified atom stereocenters. The van der Waals surface area contributed by atoms with E-state index in [1.165, 1.54) is 0 Å². The van der Waals surface area contributed by atoms with Gasteiger partial charge in [-0.25, -0.2) is 13.8 Å². The predicted octanol–water partition coefficient (Wildman–Crippen LogP) is 2.20. The third-order valence-corrected chi connectivity index (χ3v) is 2.01. The Kier molecular flexibility index (Phi) is 3.02. The summed E-state index contributed by atoms with van der Waals surface area (Å²) >= 11 is 3.00. The molecule has 0 amide bonds. The van der Waals surface area contributed by atoms with E-state index in [0.717, 1.165) is 6.07 Å². The lowest BCUT2D eigenvalue weighted by Gasteiger charge is -2.07. The highest BCUT2D eigenvalue weighted by atomic mass is 79.9. The third-order valence-electron chi connectivity index (χ3n) is 1.48. The minimum absolute atomic E-state index is 0.0254. The Labute approximate surface area is 81.7 Å². The van der Waals surface area contributed by atoms with Crippen LogP contribution < -0.4 is 5.73 Å². The maximum atomic E-state index is 12.3. The number of hydrogen-bond donors (Lipinski definition) is 2. The molecule has 0 aromatic carbocycles. The molecule has 0 saturated carbocycles. The molecule has 1 rings (SSSR count). The van der Waals surface area contributed by atoms with E-state index in [1.807, 2.05) is 0 Å². The van der Waals surface area contributed by atoms with Crippen molar-refractivity contribution in [3.8, 4) is 5.75 Å². The van der Waals surface area contributed by atoms with Crippen molar-refractivity contribution in [3.63, 3.8) is 0 Å². The molecule has 0 fully saturated rings. The van der Waals surface area contributed by atoms with Crippen molar-refractivity contribution in [1.82, 2.24) is 4.98 Å². The highest BCUT2D eigenvalue weighted by Gasteiger charge is 2.17. The number of hydrogen-bond acceptors (Lipinski definition) is 3. The number of anilines is 1. The van der Waals surface area contributed by atoms with Gasteiger partial charge in [0.05, 0.1) is 11.3 Å². The van der Waals surface area contributed by atoms with Gasteiger partial charge >= 0.3 is 0 Å². The number of nitrogen functional groups attached to an aromatic ring is 1. The maximum Gasteiger partial charge on any atom is 0.267 e. The molecule has 1 heterocycles. The van der Waals surface area contributed by atoms with Gasteiger partial charge in [0.15, 0.2) is 0 Å². The van der Waals surface area contributed by atoms with Gasteiger partial charge in [0.25, 0.3) is 6.43 Å². The number of nitrogens with two attached hydrogens (primary N) is 1. The van der Waals surface area contributed by atoms with Crippen molar-refractivity contribution in [2.75, 3.05) is 5.73 Å². The molecule has 72 valence electrons. The standard InChI is InChI=1S/C7H7BrF2N2O/c8-2-4-6(13)3(7(9)10)1-5(11)12-4/h1,7,13H,2H2,(H2,11,12). The van der Waals surface area contributed by atoms with E-state index in [4.69, 9.17) is 5.73 Å². The van der Waals surface area contributed by atoms with Crippen LogP contribution in [0.3, 0.4) is 0 Å². The molecule has 0 aliphatic rings. The fraction of sp³-hybridized carbons (Fsp3) is 0.286. The number of aromatic nitrogens is 1. The number of pyridine rings is 1. The average Bonchev–Trinajstić information content (AvgIpc) is 2.08. The van der Waals surface area contributed by atoms with Gasteiger partial charge in [-0.3, -0.25) is 0 Å². The molecule has 0 aliphatic heterocycles. The van der Waals surface area contributed by atoms with Crippen molar-refractivity contribution in [3.05, 3.63) is 17.3 Å². The third kappa shape index (κ3) is 2.06. The molecular weight excluding hydrogens is 246 g/mol. The molecule has 0 bridgehead atoms. The lowest BCUT2D eigenvalue weighted by atomic mass is 10.2. The van der Waals surface area contributed by atoms with E-state index < -0.39 is 17.7 Å². The minimum Gasteiger partial charge on any atom is -0.505 e. The van der Waals surface area contributed by atoms with Crippen LogP contribution in [0.25, 0.3) is 0 Å². The first-order chi connectivity index (χ1) is 6.06. The predicted molar refractivity (Wildman–Crippen MR) is 47.9 cm³/mol. The van der Waals surface area contributed by atoms with Crippen LogP contribution in [0.1, 0.15) is 17.7 Å². The Hall–Kier alpha value is -0.910. The van der Waals surface area contributed by atoms with Gasteiger partial charge in [0.2, 0.25) is 0 Å². The molecule has 1 aromatic rings. The lowest BCUT2D eigenvalue weighted by Crippen LogP contribution is -1.98. The zero-order valence-electron chi connectivity index (χ0n) is 6.47. The highest BCUT2D eigenvalue weighted by Crippen LogP contribution is 2.32. The van der Waals surface area contributed by atoms with Gasteiger partial charge in [-0.05, 0) is 6.07 Å². The summed E-state index contributed by atoms with van der Waals surface area (Å²) in [5.74, 6) is -0.524. The van der Waals surface area contributed by atoms with Crippen molar-refractivity contribution in [2.24, 2.45) is 0 Å². The molecule has 0 spiro atoms. The summed E-state index contributed by atoms with van der Waals surface area (Å²) in [5, 5.41) is 9.44. The molecule has 0 radical (unpaired) electrons. The molecule has 13 heavy (non-hydrogen) atoms. The topological polar surface area (TPSA) is 59.1 Å². The van der Waals surface area contributed by atoms with Crippen LogP contribution in [0.15, 0.2) is 6.07 Å². The maximum absolute atomic E-state index is 12.3. The summed E-state index contributed by atoms with van der Waals surface area (Å²) < 4.78 is 24.5. The first kappa shape index (κ1) is 10.2. The van der Waals surface area contributed by atoms with Crippen LogP contribution >= 0.6 is 15.9 Å². The van der Waals surface area contributed by atoms with E-state index in [-0.39, 0.29) is 16.8 Å². The summed E-state index contributed by atoms with van der Waals surface area (Å²) in [4.78, 5) is 3.68. The van der Waals surface area contributed by atoms with Crippen LogP contribution in [0.4, 0.5) is 14.6 Å². The fourth-order valence-corrected chi connectivity index (χ4v) is 1.29. The molecule has 0 aliphatic carbocycles. The molecule has 0 atom stereocenters. The average molecular weight is 253 g/mol. The number of nitrogens with zero attached hydrogens (tertiary/aromatic N) is 1. The Morgan fingerprint density at radius 2 is 2.23 bits per heavy atom. The van der Waals surface area contributed by atoms with Crippen molar-refractivity contribution >= 4 is 21.7 Å². The monoisotopic (exact) mass is 252 g/mol. The van der Waals surface area contributed by atoms with Crippen molar-refractivity contribution in [2.45, 2.75) is 11.8 Å². The lowest BCUT2D eigenvalue weighted by molar-refractivity contribution is 0.147.